The van der Waals surface area contributed by atoms with Crippen LogP contribution >= 0.6 is 0 Å². The summed E-state index contributed by atoms with van der Waals surface area (Å²) < 4.78 is 66.5. The Labute approximate surface area is 145 Å². The predicted molar refractivity (Wildman–Crippen MR) is 84.2 cm³/mol. The molecule has 0 radical (unpaired) electrons. The molecule has 0 saturated carbocycles. The van der Waals surface area contributed by atoms with Gasteiger partial charge in [0.1, 0.15) is 5.56 Å². The Morgan fingerprint density at radius 2 is 1.58 bits per heavy atom. The first-order chi connectivity index (χ1) is 12.3. The molecule has 136 valence electrons. The van der Waals surface area contributed by atoms with E-state index in [2.05, 4.69) is 16.6 Å². The molecular weight excluding hydrogens is 357 g/mol. The van der Waals surface area contributed by atoms with Crippen molar-refractivity contribution in [1.82, 2.24) is 0 Å². The molecule has 0 unspecified atom stereocenters. The maximum absolute atomic E-state index is 13.6. The lowest BCUT2D eigenvalue weighted by Gasteiger charge is -2.08. The Bertz CT molecular complexity index is 880. The Balaban J connectivity index is 2.35. The van der Waals surface area contributed by atoms with Crippen LogP contribution in [0, 0.1) is 29.1 Å². The number of rotatable bonds is 5. The first-order valence-electron chi connectivity index (χ1n) is 7.26. The van der Waals surface area contributed by atoms with Crippen molar-refractivity contribution in [3.8, 4) is 0 Å². The van der Waals surface area contributed by atoms with E-state index in [4.69, 9.17) is 0 Å². The summed E-state index contributed by atoms with van der Waals surface area (Å²) in [7, 11) is 0. The predicted octanol–water partition coefficient (Wildman–Crippen LogP) is 4.69. The van der Waals surface area contributed by atoms with Crippen molar-refractivity contribution in [2.24, 2.45) is 5.16 Å². The topological polar surface area (TPSA) is 38.7 Å². The van der Waals surface area contributed by atoms with Gasteiger partial charge >= 0.3 is 5.97 Å². The van der Waals surface area contributed by atoms with Gasteiger partial charge in [-0.1, -0.05) is 35.5 Å². The van der Waals surface area contributed by atoms with E-state index in [1.54, 1.807) is 30.3 Å². The zero-order chi connectivity index (χ0) is 19.4. The molecule has 26 heavy (non-hydrogen) atoms. The van der Waals surface area contributed by atoms with Gasteiger partial charge in [-0.05, 0) is 18.9 Å². The number of nitrogens with zero attached hydrogens (tertiary/aromatic N) is 1. The molecule has 0 aliphatic carbocycles. The lowest BCUT2D eigenvalue weighted by molar-refractivity contribution is 0.0501. The number of halogens is 5. The van der Waals surface area contributed by atoms with E-state index in [0.29, 0.717) is 12.0 Å². The van der Waals surface area contributed by atoms with Crippen molar-refractivity contribution in [2.75, 3.05) is 0 Å². The number of allylic oxidation sites excluding steroid dienone is 1. The highest BCUT2D eigenvalue weighted by Crippen LogP contribution is 2.23. The molecule has 0 aliphatic rings. The molecule has 2 aromatic rings. The number of carbonyl (C=O) groups excluding carboxylic acids is 1. The molecule has 0 amide bonds. The summed E-state index contributed by atoms with van der Waals surface area (Å²) in [5.74, 6) is -13.2. The van der Waals surface area contributed by atoms with Crippen LogP contribution in [0.1, 0.15) is 28.4 Å². The van der Waals surface area contributed by atoms with E-state index in [9.17, 15) is 26.7 Å². The van der Waals surface area contributed by atoms with Gasteiger partial charge < -0.3 is 4.84 Å². The van der Waals surface area contributed by atoms with E-state index in [-0.39, 0.29) is 5.71 Å². The maximum Gasteiger partial charge on any atom is 0.371 e. The van der Waals surface area contributed by atoms with E-state index in [0.717, 1.165) is 5.56 Å². The summed E-state index contributed by atoms with van der Waals surface area (Å²) >= 11 is 0. The molecule has 0 heterocycles. The van der Waals surface area contributed by atoms with Gasteiger partial charge in [-0.2, -0.15) is 0 Å². The Morgan fingerprint density at radius 3 is 2.15 bits per heavy atom. The first kappa shape index (κ1) is 19.3. The number of carbonyl (C=O) groups is 1. The molecule has 8 heteroatoms. The largest absolute Gasteiger partial charge is 0.371 e. The summed E-state index contributed by atoms with van der Waals surface area (Å²) in [5, 5.41) is 3.44. The average molecular weight is 369 g/mol. The van der Waals surface area contributed by atoms with Crippen molar-refractivity contribution in [3.05, 3.63) is 82.7 Å². The molecule has 0 atom stereocenters. The summed E-state index contributed by atoms with van der Waals surface area (Å²) in [4.78, 5) is 16.1. The van der Waals surface area contributed by atoms with Crippen LogP contribution in [0.5, 0.6) is 0 Å². The van der Waals surface area contributed by atoms with Gasteiger partial charge in [0.05, 0.1) is 5.71 Å². The Hall–Kier alpha value is -3.03. The van der Waals surface area contributed by atoms with Crippen LogP contribution in [0.4, 0.5) is 22.0 Å². The second kappa shape index (κ2) is 7.90. The summed E-state index contributed by atoms with van der Waals surface area (Å²) in [5.41, 5.74) is -0.189. The third kappa shape index (κ3) is 3.63. The zero-order valence-electron chi connectivity index (χ0n) is 13.5. The fraction of sp³-hybridized carbons (Fsp3) is 0.111. The van der Waals surface area contributed by atoms with Crippen LogP contribution in [0.25, 0.3) is 0 Å². The van der Waals surface area contributed by atoms with Crippen molar-refractivity contribution < 1.29 is 31.6 Å². The minimum Gasteiger partial charge on any atom is -0.312 e. The van der Waals surface area contributed by atoms with Crippen LogP contribution in [0.15, 0.2) is 42.1 Å². The first-order valence-corrected chi connectivity index (χ1v) is 7.26. The van der Waals surface area contributed by atoms with E-state index < -0.39 is 40.6 Å². The lowest BCUT2D eigenvalue weighted by Crippen LogP contribution is -2.14. The monoisotopic (exact) mass is 369 g/mol. The van der Waals surface area contributed by atoms with Crippen LogP contribution < -0.4 is 0 Å². The highest BCUT2D eigenvalue weighted by molar-refractivity contribution is 6.00. The van der Waals surface area contributed by atoms with E-state index in [1.807, 2.05) is 0 Å². The normalized spacial score (nSPS) is 11.4. The summed E-state index contributed by atoms with van der Waals surface area (Å²) in [6.45, 7) is 5.06. The third-order valence-corrected chi connectivity index (χ3v) is 3.45. The molecule has 0 aromatic heterocycles. The minimum absolute atomic E-state index is 0.166. The SMILES string of the molecule is C=CCc1ccccc1/C(C)=N/OC(=O)c1c(F)c(F)c(F)c(F)c1F. The number of oxime groups is 1. The van der Waals surface area contributed by atoms with Gasteiger partial charge in [0.25, 0.3) is 0 Å². The van der Waals surface area contributed by atoms with Gasteiger partial charge in [0.2, 0.25) is 5.82 Å². The molecule has 2 aromatic carbocycles. The highest BCUT2D eigenvalue weighted by atomic mass is 19.2. The Kier molecular flexibility index (Phi) is 5.86. The average Bonchev–Trinajstić information content (AvgIpc) is 2.63. The van der Waals surface area contributed by atoms with Gasteiger partial charge in [0, 0.05) is 5.56 Å². The number of benzene rings is 2. The molecule has 0 bridgehead atoms. The summed E-state index contributed by atoms with van der Waals surface area (Å²) in [6.07, 6.45) is 2.11. The second-order valence-corrected chi connectivity index (χ2v) is 5.15. The Morgan fingerprint density at radius 1 is 1.04 bits per heavy atom. The quantitative estimate of drug-likeness (QED) is 0.146. The molecule has 0 fully saturated rings. The number of hydrogen-bond acceptors (Lipinski definition) is 3. The fourth-order valence-electron chi connectivity index (χ4n) is 2.20. The minimum atomic E-state index is -2.37. The standard InChI is InChI=1S/C18H12F5NO2/c1-3-6-10-7-4-5-8-11(10)9(2)24-26-18(25)12-13(19)15(21)17(23)16(22)14(12)20/h3-5,7-8H,1,6H2,2H3/b24-9+. The number of hydrogen-bond donors (Lipinski definition) is 0. The molecule has 3 nitrogen and oxygen atoms in total. The van der Waals surface area contributed by atoms with Crippen molar-refractivity contribution in [1.29, 1.82) is 0 Å². The maximum atomic E-state index is 13.6. The summed E-state index contributed by atoms with van der Waals surface area (Å²) in [6, 6.07) is 6.87. The van der Waals surface area contributed by atoms with Gasteiger partial charge in [-0.15, -0.1) is 6.58 Å². The van der Waals surface area contributed by atoms with Crippen LogP contribution in [0.3, 0.4) is 0 Å². The van der Waals surface area contributed by atoms with Crippen molar-refractivity contribution in [2.45, 2.75) is 13.3 Å². The highest BCUT2D eigenvalue weighted by Gasteiger charge is 2.31. The molecular formula is C18H12F5NO2. The fourth-order valence-corrected chi connectivity index (χ4v) is 2.20. The molecule has 0 saturated heterocycles. The van der Waals surface area contributed by atoms with Gasteiger partial charge in [0.15, 0.2) is 23.3 Å². The molecule has 0 aliphatic heterocycles. The zero-order valence-corrected chi connectivity index (χ0v) is 13.5. The lowest BCUT2D eigenvalue weighted by atomic mass is 10.0. The van der Waals surface area contributed by atoms with E-state index in [1.165, 1.54) is 6.92 Å². The van der Waals surface area contributed by atoms with Gasteiger partial charge in [-0.25, -0.2) is 26.7 Å². The molecule has 2 rings (SSSR count). The molecule has 0 N–H and O–H groups in total. The van der Waals surface area contributed by atoms with E-state index >= 15 is 0 Å². The molecule has 0 spiro atoms. The third-order valence-electron chi connectivity index (χ3n) is 3.45. The smallest absolute Gasteiger partial charge is 0.312 e. The van der Waals surface area contributed by atoms with Crippen LogP contribution in [-0.2, 0) is 11.3 Å². The van der Waals surface area contributed by atoms with Crippen LogP contribution in [-0.4, -0.2) is 11.7 Å². The second-order valence-electron chi connectivity index (χ2n) is 5.15. The van der Waals surface area contributed by atoms with Gasteiger partial charge in [-0.3, -0.25) is 0 Å². The van der Waals surface area contributed by atoms with Crippen molar-refractivity contribution >= 4 is 11.7 Å². The van der Waals surface area contributed by atoms with Crippen LogP contribution in [0.2, 0.25) is 0 Å². The van der Waals surface area contributed by atoms with Crippen molar-refractivity contribution in [3.63, 3.8) is 0 Å².